The van der Waals surface area contributed by atoms with Gasteiger partial charge in [-0.2, -0.15) is 21.6 Å². The van der Waals surface area contributed by atoms with Gasteiger partial charge < -0.3 is 36.7 Å². The number of sulfonamides is 1. The number of rotatable bonds is 23. The van der Waals surface area contributed by atoms with Crippen LogP contribution in [0.4, 0.5) is 43.4 Å². The quantitative estimate of drug-likeness (QED) is 0.00737. The number of ether oxygens (including phenoxy) is 1. The highest BCUT2D eigenvalue weighted by molar-refractivity contribution is 7.90. The molecule has 10 rings (SSSR count). The van der Waals surface area contributed by atoms with Gasteiger partial charge in [-0.25, -0.2) is 38.3 Å². The second kappa shape index (κ2) is 35.7. The topological polar surface area (TPSA) is 308 Å². The monoisotopic (exact) mass is 1510 g/mol. The smallest absolute Gasteiger partial charge is 0.381 e. The molecule has 1 aliphatic heterocycles. The second-order valence-electron chi connectivity index (χ2n) is 23.7. The van der Waals surface area contributed by atoms with Crippen molar-refractivity contribution < 1.29 is 53.9 Å². The molecule has 6 aromatic heterocycles. The van der Waals surface area contributed by atoms with E-state index in [9.17, 15) is 49.1 Å². The molecule has 0 spiro atoms. The van der Waals surface area contributed by atoms with Crippen molar-refractivity contribution in [1.82, 2.24) is 58.7 Å². The number of amides is 3. The van der Waals surface area contributed by atoms with Crippen LogP contribution in [0.25, 0.3) is 16.9 Å². The van der Waals surface area contributed by atoms with Gasteiger partial charge in [0.25, 0.3) is 17.7 Å². The standard InChI is InChI=1S/C22H23ClF4N6O3S.C21H22ClFN6O.C19H22ClFN6O.C6H15NO/c1-3-17-20(32-12-15(23)5-7-19(32)31-17)21(34)30-11-14-4-6-18(16(24)10-14)29-8-9-33(13(2)28)37(35,36)22(25,26)27;1-3-17-20(28-12-15(22)5-7-19(28)26-17)21(30)25-11-14-4-6-18(16(23)10-14)29-9-8-24-13(2)27-29;1-2-15-18(26-11-13(20)4-6-17(26)25-15)19(28)24-10-12-3-5-16(14(21)9-12)27(23)8-7-22;1-6(2,8-5)7(3)4/h4-7,10,12,28-29H,3,8-9,11H2,1-2H3,(H,30,34);4-7,10,12H,3,8-9,11H2,1-2H3,(H,24,27)(H,25,30);3-6,9,11H,2,7-8,10,22-23H2,1H3,(H,24,28);1-5H3. The molecule has 0 saturated carbocycles. The highest BCUT2D eigenvalue weighted by Gasteiger charge is 2.50. The first-order chi connectivity index (χ1) is 48.7. The number of nitrogens with two attached hydrogens (primary N) is 2. The number of nitrogens with zero attached hydrogens (tertiary/aromatic N) is 11. The number of halogens is 9. The summed E-state index contributed by atoms with van der Waals surface area (Å²) in [6.45, 7) is 13.5. The zero-order valence-electron chi connectivity index (χ0n) is 58.2. The van der Waals surface area contributed by atoms with E-state index in [2.05, 4.69) is 46.6 Å². The van der Waals surface area contributed by atoms with Crippen molar-refractivity contribution in [2.45, 2.75) is 98.6 Å². The Morgan fingerprint density at radius 3 is 1.46 bits per heavy atom. The van der Waals surface area contributed by atoms with Crippen LogP contribution in [-0.4, -0.2) is 147 Å². The maximum atomic E-state index is 14.7. The van der Waals surface area contributed by atoms with Gasteiger partial charge in [-0.1, -0.05) is 73.8 Å². The Labute approximate surface area is 607 Å². The number of nitrogens with one attached hydrogen (secondary N) is 6. The molecule has 103 heavy (non-hydrogen) atoms. The molecule has 1 aliphatic rings. The number of anilines is 3. The fourth-order valence-corrected chi connectivity index (χ4v) is 11.6. The number of pyridine rings is 3. The minimum atomic E-state index is -5.74. The van der Waals surface area contributed by atoms with E-state index in [4.69, 9.17) is 56.5 Å². The van der Waals surface area contributed by atoms with Gasteiger partial charge in [0.15, 0.2) is 0 Å². The fourth-order valence-electron chi connectivity index (χ4n) is 10.2. The van der Waals surface area contributed by atoms with E-state index < -0.39 is 52.0 Å². The normalized spacial score (nSPS) is 12.3. The average Bonchev–Trinajstić information content (AvgIpc) is 1.45. The number of benzene rings is 3. The summed E-state index contributed by atoms with van der Waals surface area (Å²) in [5.41, 5.74) is 10.0. The number of imidazole rings is 3. The van der Waals surface area contributed by atoms with E-state index in [0.29, 0.717) is 134 Å². The van der Waals surface area contributed by atoms with Gasteiger partial charge >= 0.3 is 15.5 Å². The molecule has 10 N–H and O–H groups in total. The second-order valence-corrected chi connectivity index (χ2v) is 26.9. The number of aliphatic imine (C=N–C) groups is 1. The highest BCUT2D eigenvalue weighted by atomic mass is 35.5. The predicted octanol–water partition coefficient (Wildman–Crippen LogP) is 10.7. The molecule has 0 saturated heterocycles. The number of carbonyl (C=O) groups excluding carboxylic acids is 3. The van der Waals surface area contributed by atoms with Crippen molar-refractivity contribution in [3.05, 3.63) is 193 Å². The lowest BCUT2D eigenvalue weighted by molar-refractivity contribution is -0.0838. The molecule has 0 fully saturated rings. The predicted molar refractivity (Wildman–Crippen MR) is 389 cm³/mol. The van der Waals surface area contributed by atoms with E-state index in [0.717, 1.165) is 18.8 Å². The van der Waals surface area contributed by atoms with Gasteiger partial charge in [0, 0.05) is 65.0 Å². The highest BCUT2D eigenvalue weighted by Crippen LogP contribution is 2.29. The molecule has 3 amide bonds. The molecule has 0 bridgehead atoms. The number of fused-ring (bicyclic) bond motifs is 3. The van der Waals surface area contributed by atoms with Crippen LogP contribution in [0.15, 0.2) is 115 Å². The number of alkyl halides is 3. The minimum Gasteiger partial charge on any atom is -0.381 e. The first-order valence-electron chi connectivity index (χ1n) is 32.2. The Bertz CT molecular complexity index is 4670. The van der Waals surface area contributed by atoms with Crippen LogP contribution in [0.1, 0.15) is 114 Å². The lowest BCUT2D eigenvalue weighted by atomic mass is 10.1. The van der Waals surface area contributed by atoms with Crippen LogP contribution in [0.3, 0.4) is 0 Å². The number of hydrogen-bond donors (Lipinski definition) is 8. The number of carbonyl (C=O) groups is 3. The van der Waals surface area contributed by atoms with E-state index in [1.807, 2.05) is 60.5 Å². The molecular formula is C68H82Cl3F6N19O6S. The van der Waals surface area contributed by atoms with Gasteiger partial charge in [0.2, 0.25) is 0 Å². The van der Waals surface area contributed by atoms with E-state index in [1.165, 1.54) is 29.3 Å². The van der Waals surface area contributed by atoms with Crippen molar-refractivity contribution >= 4 is 108 Å². The fraction of sp³-hybridized carbons (Fsp3) is 0.353. The third kappa shape index (κ3) is 20.5. The summed E-state index contributed by atoms with van der Waals surface area (Å²) in [5, 5.41) is 22.7. The molecule has 0 atom stereocenters. The van der Waals surface area contributed by atoms with E-state index in [-0.39, 0.29) is 58.7 Å². The van der Waals surface area contributed by atoms with Gasteiger partial charge in [-0.15, -0.1) is 0 Å². The number of aryl methyl sites for hydroxylation is 3. The van der Waals surface area contributed by atoms with Crippen LogP contribution < -0.4 is 48.3 Å². The average molecular weight is 1510 g/mol. The molecule has 9 aromatic rings. The summed E-state index contributed by atoms with van der Waals surface area (Å²) in [6.07, 6.45) is 6.59. The molecule has 0 aliphatic carbocycles. The van der Waals surface area contributed by atoms with Crippen molar-refractivity contribution in [2.75, 3.05) is 75.8 Å². The van der Waals surface area contributed by atoms with Crippen LogP contribution in [-0.2, 0) is 53.7 Å². The number of hydrogen-bond acceptors (Lipinski definition) is 18. The summed E-state index contributed by atoms with van der Waals surface area (Å²) in [5.74, 6) is 3.05. The third-order valence-corrected chi connectivity index (χ3v) is 18.4. The van der Waals surface area contributed by atoms with Crippen LogP contribution in [0.5, 0.6) is 0 Å². The Morgan fingerprint density at radius 1 is 0.670 bits per heavy atom. The maximum Gasteiger partial charge on any atom is 0.516 e. The summed E-state index contributed by atoms with van der Waals surface area (Å²) in [4.78, 5) is 58.2. The molecule has 0 radical (unpaired) electrons. The van der Waals surface area contributed by atoms with Crippen molar-refractivity contribution in [3.8, 4) is 0 Å². The van der Waals surface area contributed by atoms with Crippen molar-refractivity contribution in [1.29, 1.82) is 5.41 Å². The molecule has 0 unspecified atom stereocenters. The third-order valence-electron chi connectivity index (χ3n) is 16.1. The Hall–Kier alpha value is -9.28. The van der Waals surface area contributed by atoms with Crippen molar-refractivity contribution in [3.63, 3.8) is 0 Å². The van der Waals surface area contributed by atoms with Crippen LogP contribution in [0, 0.1) is 22.9 Å². The van der Waals surface area contributed by atoms with Gasteiger partial charge in [0.1, 0.15) is 68.9 Å². The first-order valence-corrected chi connectivity index (χ1v) is 34.8. The summed E-state index contributed by atoms with van der Waals surface area (Å²) in [7, 11) is -0.0558. The number of hydrazine groups is 2. The first kappa shape index (κ1) is 81.0. The lowest BCUT2D eigenvalue weighted by Gasteiger charge is -2.30. The minimum absolute atomic E-state index is 0.0302. The largest absolute Gasteiger partial charge is 0.516 e. The zero-order chi connectivity index (χ0) is 75.8. The molecule has 554 valence electrons. The lowest BCUT2D eigenvalue weighted by Crippen LogP contribution is -2.46. The number of amidine groups is 2. The zero-order valence-corrected chi connectivity index (χ0v) is 61.3. The van der Waals surface area contributed by atoms with E-state index >= 15 is 0 Å². The van der Waals surface area contributed by atoms with E-state index in [1.54, 1.807) is 105 Å². The summed E-state index contributed by atoms with van der Waals surface area (Å²) in [6, 6.07) is 23.8. The Balaban J connectivity index is 0.000000207. The molecule has 25 nitrogen and oxygen atoms in total. The summed E-state index contributed by atoms with van der Waals surface area (Å²) < 4.78 is 115. The number of aromatic nitrogens is 6. The van der Waals surface area contributed by atoms with Gasteiger partial charge in [-0.3, -0.25) is 53.3 Å². The molecule has 3 aromatic carbocycles. The maximum absolute atomic E-state index is 14.7. The Kier molecular flexibility index (Phi) is 28.1. The molecule has 7 heterocycles. The SMILES string of the molecule is CCc1nc2ccc(Cl)cn2c1C(=O)NCc1ccc(N(N)CCN)c(F)c1.CCc1nc2ccc(Cl)cn2c1C(=O)NCc1ccc(N2CCN=C(C)N2)c(F)c1.CCc1nc2ccc(Cl)cn2c1C(=O)NCc1ccc(NCCN(C(C)=N)S(=O)(=O)C(F)(F)F)c(F)c1.COC(C)(C)N(C)C. The molecular weight excluding hydrogens is 1430 g/mol. The van der Waals surface area contributed by atoms with Crippen molar-refractivity contribution in [2.24, 2.45) is 16.6 Å². The van der Waals surface area contributed by atoms with Gasteiger partial charge in [-0.05, 0) is 151 Å². The van der Waals surface area contributed by atoms with Crippen LogP contribution in [0.2, 0.25) is 15.1 Å². The summed E-state index contributed by atoms with van der Waals surface area (Å²) >= 11 is 18.2. The molecule has 35 heteroatoms. The Morgan fingerprint density at radius 2 is 1.10 bits per heavy atom. The van der Waals surface area contributed by atoms with Crippen LogP contribution >= 0.6 is 34.8 Å². The number of methoxy groups -OCH3 is 1. The van der Waals surface area contributed by atoms with Gasteiger partial charge in [0.05, 0.1) is 68.8 Å².